The molecule has 0 atom stereocenters. The van der Waals surface area contributed by atoms with Gasteiger partial charge in [0, 0.05) is 12.1 Å². The van der Waals surface area contributed by atoms with Crippen LogP contribution in [-0.2, 0) is 0 Å². The molecule has 0 heterocycles. The summed E-state index contributed by atoms with van der Waals surface area (Å²) in [5.41, 5.74) is 5.85. The maximum atomic E-state index is 13.5. The van der Waals surface area contributed by atoms with Gasteiger partial charge in [-0.25, -0.2) is 4.39 Å². The van der Waals surface area contributed by atoms with Gasteiger partial charge in [0.05, 0.1) is 19.4 Å². The van der Waals surface area contributed by atoms with E-state index in [4.69, 9.17) is 15.2 Å². The maximum absolute atomic E-state index is 13.5. The highest BCUT2D eigenvalue weighted by Gasteiger charge is 2.09. The summed E-state index contributed by atoms with van der Waals surface area (Å²) < 4.78 is 23.9. The molecule has 0 saturated heterocycles. The van der Waals surface area contributed by atoms with Gasteiger partial charge in [0.1, 0.15) is 5.75 Å². The van der Waals surface area contributed by atoms with Crippen LogP contribution >= 0.6 is 0 Å². The third kappa shape index (κ3) is 4.13. The molecule has 0 aromatic heterocycles. The number of anilines is 1. The molecule has 0 amide bonds. The van der Waals surface area contributed by atoms with Gasteiger partial charge < -0.3 is 15.2 Å². The van der Waals surface area contributed by atoms with Crippen LogP contribution in [0.4, 0.5) is 10.1 Å². The van der Waals surface area contributed by atoms with Crippen LogP contribution in [0.25, 0.3) is 0 Å². The van der Waals surface area contributed by atoms with Crippen molar-refractivity contribution < 1.29 is 13.9 Å². The van der Waals surface area contributed by atoms with E-state index in [0.29, 0.717) is 18.3 Å². The Bertz CT molecular complexity index is 367. The van der Waals surface area contributed by atoms with E-state index >= 15 is 0 Å². The lowest BCUT2D eigenvalue weighted by Gasteiger charge is -2.11. The average Bonchev–Trinajstić information content (AvgIpc) is 2.26. The third-order valence-electron chi connectivity index (χ3n) is 2.47. The van der Waals surface area contributed by atoms with E-state index in [1.807, 2.05) is 0 Å². The summed E-state index contributed by atoms with van der Waals surface area (Å²) in [7, 11) is 1.49. The largest absolute Gasteiger partial charge is 0.494 e. The average molecular weight is 241 g/mol. The number of nitrogen functional groups attached to an aromatic ring is 1. The molecule has 0 saturated carbocycles. The third-order valence-corrected chi connectivity index (χ3v) is 2.47. The van der Waals surface area contributed by atoms with Gasteiger partial charge in [-0.05, 0) is 18.8 Å². The van der Waals surface area contributed by atoms with Crippen LogP contribution in [0, 0.1) is 11.7 Å². The normalized spacial score (nSPS) is 10.6. The molecule has 0 spiro atoms. The van der Waals surface area contributed by atoms with E-state index in [0.717, 1.165) is 12.8 Å². The van der Waals surface area contributed by atoms with E-state index in [-0.39, 0.29) is 11.4 Å². The van der Waals surface area contributed by atoms with Gasteiger partial charge in [-0.15, -0.1) is 0 Å². The smallest absolute Gasteiger partial charge is 0.167 e. The number of halogens is 1. The molecule has 4 heteroatoms. The summed E-state index contributed by atoms with van der Waals surface area (Å²) in [5.74, 6) is 0.808. The second-order valence-electron chi connectivity index (χ2n) is 4.41. The van der Waals surface area contributed by atoms with Crippen molar-refractivity contribution in [1.29, 1.82) is 0 Å². The van der Waals surface area contributed by atoms with E-state index in [1.165, 1.54) is 19.2 Å². The molecule has 1 aromatic rings. The Hall–Kier alpha value is -1.45. The van der Waals surface area contributed by atoms with Crippen molar-refractivity contribution in [2.24, 2.45) is 5.92 Å². The van der Waals surface area contributed by atoms with E-state index < -0.39 is 5.82 Å². The Morgan fingerprint density at radius 1 is 1.29 bits per heavy atom. The number of hydrogen-bond acceptors (Lipinski definition) is 3. The Kier molecular flexibility index (Phi) is 5.07. The predicted molar refractivity (Wildman–Crippen MR) is 66.9 cm³/mol. The van der Waals surface area contributed by atoms with Crippen molar-refractivity contribution in [2.45, 2.75) is 26.7 Å². The summed E-state index contributed by atoms with van der Waals surface area (Å²) in [5, 5.41) is 0. The molecule has 0 aliphatic heterocycles. The molecule has 1 aromatic carbocycles. The van der Waals surface area contributed by atoms with Crippen LogP contribution in [0.15, 0.2) is 12.1 Å². The zero-order chi connectivity index (χ0) is 12.8. The lowest BCUT2D eigenvalue weighted by molar-refractivity contribution is 0.282. The van der Waals surface area contributed by atoms with E-state index in [1.54, 1.807) is 0 Å². The van der Waals surface area contributed by atoms with Crippen LogP contribution in [0.1, 0.15) is 26.7 Å². The molecule has 1 rings (SSSR count). The van der Waals surface area contributed by atoms with E-state index in [9.17, 15) is 4.39 Å². The van der Waals surface area contributed by atoms with Crippen molar-refractivity contribution in [3.05, 3.63) is 17.9 Å². The number of hydrogen-bond donors (Lipinski definition) is 1. The standard InChI is InChI=1S/C13H20FNO2/c1-9(2)5-4-6-17-12-8-13(16-3)11(15)7-10(12)14/h7-9H,4-6,15H2,1-3H3. The van der Waals surface area contributed by atoms with Gasteiger partial charge in [0.25, 0.3) is 0 Å². The summed E-state index contributed by atoms with van der Waals surface area (Å²) >= 11 is 0. The highest BCUT2D eigenvalue weighted by Crippen LogP contribution is 2.29. The highest BCUT2D eigenvalue weighted by atomic mass is 19.1. The lowest BCUT2D eigenvalue weighted by Crippen LogP contribution is -2.02. The Labute approximate surface area is 102 Å². The first-order chi connectivity index (χ1) is 8.04. The molecular weight excluding hydrogens is 221 g/mol. The van der Waals surface area contributed by atoms with E-state index in [2.05, 4.69) is 13.8 Å². The summed E-state index contributed by atoms with van der Waals surface area (Å²) in [6.45, 7) is 4.79. The number of methoxy groups -OCH3 is 1. The zero-order valence-corrected chi connectivity index (χ0v) is 10.6. The SMILES string of the molecule is COc1cc(OCCCC(C)C)c(F)cc1N. The maximum Gasteiger partial charge on any atom is 0.167 e. The Morgan fingerprint density at radius 2 is 2.00 bits per heavy atom. The first-order valence-corrected chi connectivity index (χ1v) is 5.80. The van der Waals surface area contributed by atoms with Gasteiger partial charge >= 0.3 is 0 Å². The van der Waals surface area contributed by atoms with Gasteiger partial charge in [-0.2, -0.15) is 0 Å². The summed E-state index contributed by atoms with van der Waals surface area (Å²) in [6, 6.07) is 2.71. The molecular formula is C13H20FNO2. The molecule has 0 bridgehead atoms. The number of benzene rings is 1. The van der Waals surface area contributed by atoms with Crippen molar-refractivity contribution in [3.8, 4) is 11.5 Å². The number of ether oxygens (including phenoxy) is 2. The minimum atomic E-state index is -0.451. The van der Waals surface area contributed by atoms with Crippen molar-refractivity contribution in [2.75, 3.05) is 19.5 Å². The van der Waals surface area contributed by atoms with Crippen LogP contribution < -0.4 is 15.2 Å². The predicted octanol–water partition coefficient (Wildman–Crippen LogP) is 3.23. The highest BCUT2D eigenvalue weighted by molar-refractivity contribution is 5.56. The molecule has 0 aliphatic rings. The first-order valence-electron chi connectivity index (χ1n) is 5.80. The second kappa shape index (κ2) is 6.33. The van der Waals surface area contributed by atoms with Gasteiger partial charge in [0.2, 0.25) is 0 Å². The summed E-state index contributed by atoms with van der Waals surface area (Å²) in [6.07, 6.45) is 1.97. The molecule has 17 heavy (non-hydrogen) atoms. The van der Waals surface area contributed by atoms with Gasteiger partial charge in [-0.3, -0.25) is 0 Å². The molecule has 3 nitrogen and oxygen atoms in total. The van der Waals surface area contributed by atoms with Crippen LogP contribution in [0.2, 0.25) is 0 Å². The van der Waals surface area contributed by atoms with Crippen molar-refractivity contribution in [3.63, 3.8) is 0 Å². The minimum Gasteiger partial charge on any atom is -0.494 e. The fraction of sp³-hybridized carbons (Fsp3) is 0.538. The molecule has 96 valence electrons. The topological polar surface area (TPSA) is 44.5 Å². The van der Waals surface area contributed by atoms with Crippen LogP contribution in [0.3, 0.4) is 0 Å². The zero-order valence-electron chi connectivity index (χ0n) is 10.6. The molecule has 0 unspecified atom stereocenters. The Balaban J connectivity index is 2.58. The Morgan fingerprint density at radius 3 is 2.59 bits per heavy atom. The first kappa shape index (κ1) is 13.6. The molecule has 0 radical (unpaired) electrons. The number of rotatable bonds is 6. The molecule has 2 N–H and O–H groups in total. The second-order valence-corrected chi connectivity index (χ2v) is 4.41. The van der Waals surface area contributed by atoms with Crippen LogP contribution in [-0.4, -0.2) is 13.7 Å². The summed E-state index contributed by atoms with van der Waals surface area (Å²) in [4.78, 5) is 0. The van der Waals surface area contributed by atoms with Crippen molar-refractivity contribution >= 4 is 5.69 Å². The minimum absolute atomic E-state index is 0.194. The monoisotopic (exact) mass is 241 g/mol. The van der Waals surface area contributed by atoms with Crippen molar-refractivity contribution in [1.82, 2.24) is 0 Å². The van der Waals surface area contributed by atoms with Crippen LogP contribution in [0.5, 0.6) is 11.5 Å². The fourth-order valence-corrected chi connectivity index (χ4v) is 1.51. The quantitative estimate of drug-likeness (QED) is 0.614. The lowest BCUT2D eigenvalue weighted by atomic mass is 10.1. The van der Waals surface area contributed by atoms with Gasteiger partial charge in [-0.1, -0.05) is 13.8 Å². The number of nitrogens with two attached hydrogens (primary N) is 1. The van der Waals surface area contributed by atoms with Gasteiger partial charge in [0.15, 0.2) is 11.6 Å². The molecule has 0 fully saturated rings. The molecule has 0 aliphatic carbocycles. The fourth-order valence-electron chi connectivity index (χ4n) is 1.51.